The van der Waals surface area contributed by atoms with Crippen molar-refractivity contribution in [2.45, 2.75) is 6.23 Å². The van der Waals surface area contributed by atoms with Gasteiger partial charge in [0.2, 0.25) is 0 Å². The molecule has 0 N–H and O–H groups in total. The van der Waals surface area contributed by atoms with E-state index in [9.17, 15) is 22.6 Å². The molecule has 3 heterocycles. The lowest BCUT2D eigenvalue weighted by molar-refractivity contribution is 0.0343. The summed E-state index contributed by atoms with van der Waals surface area (Å²) in [5.74, 6) is -0.440. The molecule has 4 rings (SSSR count). The van der Waals surface area contributed by atoms with Crippen LogP contribution < -0.4 is 9.80 Å². The van der Waals surface area contributed by atoms with E-state index in [1.807, 2.05) is 0 Å². The molecule has 28 heavy (non-hydrogen) atoms. The number of rotatable bonds is 3. The Morgan fingerprint density at radius 3 is 2.46 bits per heavy atom. The zero-order valence-corrected chi connectivity index (χ0v) is 16.1. The number of hydrogen-bond acceptors (Lipinski definition) is 6. The number of ether oxygens (including phenoxy) is 2. The molecule has 0 saturated carbocycles. The predicted molar refractivity (Wildman–Crippen MR) is 96.7 cm³/mol. The van der Waals surface area contributed by atoms with Crippen LogP contribution in [0.3, 0.4) is 0 Å². The third-order valence-electron chi connectivity index (χ3n) is 5.31. The fourth-order valence-corrected chi connectivity index (χ4v) is 5.52. The van der Waals surface area contributed by atoms with Crippen molar-refractivity contribution < 1.29 is 32.1 Å². The van der Waals surface area contributed by atoms with Crippen LogP contribution in [0, 0.1) is 17.0 Å². The molecule has 0 radical (unpaired) electrons. The Kier molecular flexibility index (Phi) is 4.44. The molecule has 8 nitrogen and oxygen atoms in total. The maximum Gasteiger partial charge on any atom is 0.416 e. The van der Waals surface area contributed by atoms with Crippen LogP contribution in [0.2, 0.25) is 0 Å². The molecular formula is C17H19F2N3O5S. The first-order valence-electron chi connectivity index (χ1n) is 8.61. The number of cyclic esters (lactones) is 1. The Morgan fingerprint density at radius 1 is 1.32 bits per heavy atom. The number of hydrogen-bond donors (Lipinski definition) is 0. The van der Waals surface area contributed by atoms with E-state index in [0.29, 0.717) is 24.6 Å². The van der Waals surface area contributed by atoms with Crippen LogP contribution in [0.15, 0.2) is 12.1 Å². The van der Waals surface area contributed by atoms with Gasteiger partial charge in [-0.05, 0) is 0 Å². The molecule has 3 fully saturated rings. The van der Waals surface area contributed by atoms with Crippen molar-refractivity contribution in [3.8, 4) is 0 Å². The maximum absolute atomic E-state index is 14.6. The summed E-state index contributed by atoms with van der Waals surface area (Å²) in [4.78, 5) is 27.4. The summed E-state index contributed by atoms with van der Waals surface area (Å²) < 4.78 is 50.3. The number of nitrogens with zero attached hydrogens (tertiary/aromatic N) is 3. The molecule has 1 aromatic carbocycles. The van der Waals surface area contributed by atoms with Crippen LogP contribution in [0.25, 0.3) is 0 Å². The minimum absolute atomic E-state index is 0.00417. The Bertz CT molecular complexity index is 843. The van der Waals surface area contributed by atoms with Gasteiger partial charge in [0.15, 0.2) is 17.9 Å². The maximum atomic E-state index is 14.6. The van der Waals surface area contributed by atoms with E-state index in [1.54, 1.807) is 4.90 Å². The van der Waals surface area contributed by atoms with Crippen molar-refractivity contribution in [2.75, 3.05) is 55.1 Å². The predicted octanol–water partition coefficient (Wildman–Crippen LogP) is 1.51. The average molecular weight is 415 g/mol. The zero-order valence-electron chi connectivity index (χ0n) is 15.3. The fourth-order valence-electron chi connectivity index (χ4n) is 3.88. The van der Waals surface area contributed by atoms with Crippen molar-refractivity contribution >= 4 is 34.4 Å². The third-order valence-corrected chi connectivity index (χ3v) is 7.18. The minimum atomic E-state index is -0.930. The summed E-state index contributed by atoms with van der Waals surface area (Å²) in [5.41, 5.74) is -0.236. The molecule has 1 aromatic rings. The zero-order chi connectivity index (χ0) is 20.2. The molecule has 3 aliphatic heterocycles. The second kappa shape index (κ2) is 6.57. The van der Waals surface area contributed by atoms with Crippen LogP contribution in [0.5, 0.6) is 0 Å². The molecule has 0 aliphatic carbocycles. The van der Waals surface area contributed by atoms with Crippen LogP contribution in [0.1, 0.15) is 0 Å². The average Bonchev–Trinajstić information content (AvgIpc) is 2.97. The first kappa shape index (κ1) is 18.9. The lowest BCUT2D eigenvalue weighted by Crippen LogP contribution is -2.67. The molecule has 0 unspecified atom stereocenters. The van der Waals surface area contributed by atoms with E-state index in [0.717, 1.165) is 21.9 Å². The normalized spacial score (nSPS) is 23.3. The first-order chi connectivity index (χ1) is 13.2. The second-order valence-electron chi connectivity index (χ2n) is 7.37. The standard InChI is InChI=1S/C17H19F2N3O5S/c1-20(15(23)26-2)13-5-22(16(24)27-13)10-3-11(18)14(12(19)4-10)21-6-17(7-21)8-28(25)9-17/h3-4,13H,5-9H2,1-2H3/t13-/m1/s1. The van der Waals surface area contributed by atoms with Gasteiger partial charge in [-0.25, -0.2) is 18.4 Å². The molecule has 1 spiro atoms. The quantitative estimate of drug-likeness (QED) is 0.745. The molecule has 152 valence electrons. The first-order valence-corrected chi connectivity index (χ1v) is 10.1. The molecule has 1 atom stereocenters. The van der Waals surface area contributed by atoms with Crippen LogP contribution in [-0.4, -0.2) is 72.8 Å². The highest BCUT2D eigenvalue weighted by atomic mass is 32.2. The van der Waals surface area contributed by atoms with Gasteiger partial charge in [-0.1, -0.05) is 0 Å². The van der Waals surface area contributed by atoms with E-state index in [-0.39, 0.29) is 23.3 Å². The van der Waals surface area contributed by atoms with Gasteiger partial charge in [-0.3, -0.25) is 14.0 Å². The highest BCUT2D eigenvalue weighted by Gasteiger charge is 2.52. The van der Waals surface area contributed by atoms with Crippen molar-refractivity contribution in [1.29, 1.82) is 0 Å². The Balaban J connectivity index is 1.50. The SMILES string of the molecule is COC(=O)N(C)[C@H]1CN(c2cc(F)c(N3CC4(C3)CS(=O)C4)c(F)c2)C(=O)O1. The second-order valence-corrected chi connectivity index (χ2v) is 8.83. The number of halogens is 2. The number of amides is 2. The van der Waals surface area contributed by atoms with E-state index in [4.69, 9.17) is 4.74 Å². The lowest BCUT2D eigenvalue weighted by Gasteiger charge is -2.55. The van der Waals surface area contributed by atoms with Crippen LogP contribution >= 0.6 is 0 Å². The molecule has 2 amide bonds. The van der Waals surface area contributed by atoms with Gasteiger partial charge in [0, 0.05) is 60.0 Å². The number of likely N-dealkylation sites (N-methyl/N-ethyl adjacent to an activating group) is 1. The highest BCUT2D eigenvalue weighted by Crippen LogP contribution is 2.44. The smallest absolute Gasteiger partial charge is 0.416 e. The minimum Gasteiger partial charge on any atom is -0.453 e. The summed E-state index contributed by atoms with van der Waals surface area (Å²) in [6.45, 7) is 0.842. The van der Waals surface area contributed by atoms with Gasteiger partial charge in [-0.2, -0.15) is 0 Å². The summed E-state index contributed by atoms with van der Waals surface area (Å²) in [6.07, 6.45) is -2.44. The van der Waals surface area contributed by atoms with Crippen LogP contribution in [-0.2, 0) is 20.3 Å². The van der Waals surface area contributed by atoms with Crippen molar-refractivity contribution in [3.05, 3.63) is 23.8 Å². The fraction of sp³-hybridized carbons (Fsp3) is 0.529. The topological polar surface area (TPSA) is 79.4 Å². The van der Waals surface area contributed by atoms with E-state index < -0.39 is 40.8 Å². The van der Waals surface area contributed by atoms with Crippen molar-refractivity contribution in [2.24, 2.45) is 5.41 Å². The molecule has 11 heteroatoms. The monoisotopic (exact) mass is 415 g/mol. The summed E-state index contributed by atoms with van der Waals surface area (Å²) in [7, 11) is 1.76. The molecule has 3 saturated heterocycles. The number of carbonyl (C=O) groups excluding carboxylic acids is 2. The summed E-state index contributed by atoms with van der Waals surface area (Å²) >= 11 is 0. The number of methoxy groups -OCH3 is 1. The Morgan fingerprint density at radius 2 is 1.93 bits per heavy atom. The van der Waals surface area contributed by atoms with Gasteiger partial charge < -0.3 is 14.4 Å². The molecule has 0 bridgehead atoms. The lowest BCUT2D eigenvalue weighted by atomic mass is 9.82. The van der Waals surface area contributed by atoms with Crippen molar-refractivity contribution in [3.63, 3.8) is 0 Å². The van der Waals surface area contributed by atoms with Crippen LogP contribution in [0.4, 0.5) is 29.7 Å². The van der Waals surface area contributed by atoms with E-state index in [2.05, 4.69) is 4.74 Å². The van der Waals surface area contributed by atoms with Gasteiger partial charge in [-0.15, -0.1) is 0 Å². The Labute approximate surface area is 162 Å². The van der Waals surface area contributed by atoms with Gasteiger partial charge >= 0.3 is 12.2 Å². The molecular weight excluding hydrogens is 396 g/mol. The van der Waals surface area contributed by atoms with Gasteiger partial charge in [0.05, 0.1) is 19.3 Å². The van der Waals surface area contributed by atoms with Gasteiger partial charge in [0.1, 0.15) is 5.69 Å². The van der Waals surface area contributed by atoms with E-state index in [1.165, 1.54) is 14.2 Å². The summed E-state index contributed by atoms with van der Waals surface area (Å²) in [6, 6.07) is 2.15. The number of benzene rings is 1. The molecule has 3 aliphatic rings. The van der Waals surface area contributed by atoms with Crippen molar-refractivity contribution in [1.82, 2.24) is 4.90 Å². The van der Waals surface area contributed by atoms with E-state index >= 15 is 0 Å². The largest absolute Gasteiger partial charge is 0.453 e. The third kappa shape index (κ3) is 2.97. The number of anilines is 2. The Hall–Kier alpha value is -2.43. The highest BCUT2D eigenvalue weighted by molar-refractivity contribution is 7.86. The summed E-state index contributed by atoms with van der Waals surface area (Å²) in [5, 5.41) is 0. The van der Waals surface area contributed by atoms with Gasteiger partial charge in [0.25, 0.3) is 0 Å². The molecule has 0 aromatic heterocycles. The number of carbonyl (C=O) groups is 2.